The summed E-state index contributed by atoms with van der Waals surface area (Å²) in [6.07, 6.45) is 1.55. The van der Waals surface area contributed by atoms with Crippen LogP contribution in [0.1, 0.15) is 56.3 Å². The molecule has 10 heteroatoms. The van der Waals surface area contributed by atoms with E-state index in [4.69, 9.17) is 21.3 Å². The van der Waals surface area contributed by atoms with Crippen LogP contribution in [0.3, 0.4) is 0 Å². The number of nitrogens with one attached hydrogen (secondary N) is 3. The molecule has 3 aromatic rings. The molecule has 1 saturated heterocycles. The van der Waals surface area contributed by atoms with Gasteiger partial charge in [0, 0.05) is 53.7 Å². The van der Waals surface area contributed by atoms with E-state index in [0.717, 1.165) is 55.1 Å². The number of aliphatic imine (C=N–C) groups is 1. The Hall–Kier alpha value is -4.08. The van der Waals surface area contributed by atoms with Gasteiger partial charge >= 0.3 is 6.09 Å². The number of carbonyl (C=O) groups excluding carboxylic acids is 2. The van der Waals surface area contributed by atoms with Gasteiger partial charge in [-0.05, 0) is 95.7 Å². The normalized spacial score (nSPS) is 14.8. The lowest BCUT2D eigenvalue weighted by molar-refractivity contribution is -0.117. The van der Waals surface area contributed by atoms with Gasteiger partial charge in [-0.25, -0.2) is 4.79 Å². The molecule has 0 radical (unpaired) electrons. The number of ether oxygens (including phenoxy) is 1. The van der Waals surface area contributed by atoms with Crippen LogP contribution in [-0.2, 0) is 16.1 Å². The van der Waals surface area contributed by atoms with Crippen LogP contribution < -0.4 is 20.9 Å². The highest BCUT2D eigenvalue weighted by atomic mass is 35.5. The van der Waals surface area contributed by atoms with Crippen LogP contribution in [0.15, 0.2) is 71.7 Å². The molecular weight excluding hydrogens is 588 g/mol. The Morgan fingerprint density at radius 3 is 2.53 bits per heavy atom. The maximum atomic E-state index is 13.8. The van der Waals surface area contributed by atoms with Gasteiger partial charge in [0.1, 0.15) is 17.5 Å². The Labute approximate surface area is 272 Å². The number of amidine groups is 1. The number of benzene rings is 3. The molecule has 3 N–H and O–H groups in total. The first-order chi connectivity index (χ1) is 21.4. The SMILES string of the molecule is Cc1cc(NC(=O)C(Nc2cccc(CNC(=O)OC(C)(C)C)c2)c2ccccc2Cl)ccc1N1CCCC1=NCCN(C)C. The first-order valence-electron chi connectivity index (χ1n) is 15.3. The molecule has 2 amide bonds. The zero-order valence-electron chi connectivity index (χ0n) is 27.1. The Kier molecular flexibility index (Phi) is 11.5. The summed E-state index contributed by atoms with van der Waals surface area (Å²) >= 11 is 6.59. The number of aryl methyl sites for hydroxylation is 1. The molecule has 0 aromatic heterocycles. The molecule has 1 aliphatic heterocycles. The Bertz CT molecular complexity index is 1520. The van der Waals surface area contributed by atoms with E-state index in [-0.39, 0.29) is 12.5 Å². The quantitative estimate of drug-likeness (QED) is 0.210. The van der Waals surface area contributed by atoms with Crippen molar-refractivity contribution >= 4 is 46.5 Å². The second kappa shape index (κ2) is 15.3. The fourth-order valence-electron chi connectivity index (χ4n) is 5.13. The lowest BCUT2D eigenvalue weighted by Crippen LogP contribution is -2.32. The fourth-order valence-corrected chi connectivity index (χ4v) is 5.38. The highest BCUT2D eigenvalue weighted by molar-refractivity contribution is 6.31. The van der Waals surface area contributed by atoms with Crippen molar-refractivity contribution in [2.24, 2.45) is 4.99 Å². The summed E-state index contributed by atoms with van der Waals surface area (Å²) in [4.78, 5) is 35.3. The van der Waals surface area contributed by atoms with Crippen molar-refractivity contribution in [3.05, 3.63) is 88.4 Å². The third-order valence-electron chi connectivity index (χ3n) is 7.24. The lowest BCUT2D eigenvalue weighted by atomic mass is 10.0. The van der Waals surface area contributed by atoms with Gasteiger partial charge in [0.05, 0.1) is 6.54 Å². The van der Waals surface area contributed by atoms with Crippen molar-refractivity contribution in [3.63, 3.8) is 0 Å². The first kappa shape index (κ1) is 33.8. The predicted molar refractivity (Wildman–Crippen MR) is 185 cm³/mol. The monoisotopic (exact) mass is 632 g/mol. The van der Waals surface area contributed by atoms with Crippen molar-refractivity contribution < 1.29 is 14.3 Å². The Morgan fingerprint density at radius 1 is 1.04 bits per heavy atom. The van der Waals surface area contributed by atoms with E-state index in [2.05, 4.69) is 52.8 Å². The Morgan fingerprint density at radius 2 is 1.82 bits per heavy atom. The molecular formula is C35H45ClN6O3. The largest absolute Gasteiger partial charge is 0.444 e. The van der Waals surface area contributed by atoms with Crippen molar-refractivity contribution in [2.45, 2.75) is 58.7 Å². The molecule has 9 nitrogen and oxygen atoms in total. The summed E-state index contributed by atoms with van der Waals surface area (Å²) in [5.41, 5.74) is 4.48. The van der Waals surface area contributed by atoms with Crippen molar-refractivity contribution in [1.82, 2.24) is 10.2 Å². The van der Waals surface area contributed by atoms with Crippen LogP contribution in [0.4, 0.5) is 21.9 Å². The van der Waals surface area contributed by atoms with Gasteiger partial charge in [0.25, 0.3) is 5.91 Å². The highest BCUT2D eigenvalue weighted by Gasteiger charge is 2.25. The smallest absolute Gasteiger partial charge is 0.407 e. The molecule has 0 spiro atoms. The number of amides is 2. The fraction of sp³-hybridized carbons (Fsp3) is 0.400. The molecule has 0 bridgehead atoms. The number of rotatable bonds is 11. The van der Waals surface area contributed by atoms with Gasteiger partial charge in [-0.1, -0.05) is 41.9 Å². The molecule has 0 aliphatic carbocycles. The lowest BCUT2D eigenvalue weighted by Gasteiger charge is -2.24. The zero-order chi connectivity index (χ0) is 32.6. The van der Waals surface area contributed by atoms with Gasteiger partial charge in [0.2, 0.25) is 0 Å². The zero-order valence-corrected chi connectivity index (χ0v) is 27.9. The third-order valence-corrected chi connectivity index (χ3v) is 7.59. The van der Waals surface area contributed by atoms with E-state index in [1.807, 2.05) is 75.4 Å². The van der Waals surface area contributed by atoms with Crippen molar-refractivity contribution in [1.29, 1.82) is 0 Å². The van der Waals surface area contributed by atoms with Crippen LogP contribution >= 0.6 is 11.6 Å². The van der Waals surface area contributed by atoms with Crippen LogP contribution in [0.2, 0.25) is 5.02 Å². The van der Waals surface area contributed by atoms with E-state index < -0.39 is 17.7 Å². The van der Waals surface area contributed by atoms with Crippen LogP contribution in [0.5, 0.6) is 0 Å². The maximum Gasteiger partial charge on any atom is 0.407 e. The molecule has 45 heavy (non-hydrogen) atoms. The van der Waals surface area contributed by atoms with E-state index in [1.54, 1.807) is 6.07 Å². The average molecular weight is 633 g/mol. The van der Waals surface area contributed by atoms with E-state index >= 15 is 0 Å². The predicted octanol–water partition coefficient (Wildman–Crippen LogP) is 7.03. The number of nitrogens with zero attached hydrogens (tertiary/aromatic N) is 3. The van der Waals surface area contributed by atoms with Crippen molar-refractivity contribution in [3.8, 4) is 0 Å². The average Bonchev–Trinajstić information content (AvgIpc) is 3.42. The van der Waals surface area contributed by atoms with Gasteiger partial charge in [-0.2, -0.15) is 0 Å². The molecule has 240 valence electrons. The Balaban J connectivity index is 1.50. The summed E-state index contributed by atoms with van der Waals surface area (Å²) < 4.78 is 5.34. The maximum absolute atomic E-state index is 13.8. The number of likely N-dealkylation sites (N-methyl/N-ethyl adjacent to an activating group) is 1. The van der Waals surface area contributed by atoms with Crippen LogP contribution in [0, 0.1) is 6.92 Å². The van der Waals surface area contributed by atoms with Crippen LogP contribution in [-0.4, -0.2) is 62.1 Å². The molecule has 4 rings (SSSR count). The number of halogens is 1. The molecule has 1 atom stereocenters. The van der Waals surface area contributed by atoms with Gasteiger partial charge in [-0.3, -0.25) is 9.79 Å². The molecule has 3 aromatic carbocycles. The second-order valence-corrected chi connectivity index (χ2v) is 12.9. The molecule has 1 unspecified atom stereocenters. The van der Waals surface area contributed by atoms with Crippen molar-refractivity contribution in [2.75, 3.05) is 49.3 Å². The van der Waals surface area contributed by atoms with Crippen LogP contribution in [0.25, 0.3) is 0 Å². The summed E-state index contributed by atoms with van der Waals surface area (Å²) in [6, 6.07) is 20.0. The minimum Gasteiger partial charge on any atom is -0.444 e. The number of alkyl carbamates (subject to hydrolysis) is 1. The number of anilines is 3. The molecule has 0 saturated carbocycles. The van der Waals surface area contributed by atoms with E-state index in [9.17, 15) is 9.59 Å². The first-order valence-corrected chi connectivity index (χ1v) is 15.7. The highest BCUT2D eigenvalue weighted by Crippen LogP contribution is 2.31. The van der Waals surface area contributed by atoms with Gasteiger partial charge in [0.15, 0.2) is 0 Å². The topological polar surface area (TPSA) is 98.3 Å². The summed E-state index contributed by atoms with van der Waals surface area (Å²) in [7, 11) is 4.11. The second-order valence-electron chi connectivity index (χ2n) is 12.5. The van der Waals surface area contributed by atoms with Gasteiger partial charge < -0.3 is 30.5 Å². The standard InChI is InChI=1S/C35H45ClN6O3/c1-24-21-27(16-17-30(24)42-19-10-15-31(42)37-18-20-41(5)6)40-33(43)32(28-13-7-8-14-29(28)36)39-26-12-9-11-25(22-26)23-38-34(44)45-35(2,3)4/h7-9,11-14,16-17,21-22,32,39H,10,15,18-20,23H2,1-6H3,(H,38,44)(H,40,43). The van der Waals surface area contributed by atoms with E-state index in [0.29, 0.717) is 22.0 Å². The molecule has 1 heterocycles. The summed E-state index contributed by atoms with van der Waals surface area (Å²) in [6.45, 7) is 10.4. The third kappa shape index (κ3) is 9.96. The number of hydrogen-bond acceptors (Lipinski definition) is 6. The summed E-state index contributed by atoms with van der Waals surface area (Å²) in [5, 5.41) is 9.71. The number of hydrogen-bond donors (Lipinski definition) is 3. The van der Waals surface area contributed by atoms with E-state index in [1.165, 1.54) is 0 Å². The molecule has 1 fully saturated rings. The minimum atomic E-state index is -0.776. The van der Waals surface area contributed by atoms with Gasteiger partial charge in [-0.15, -0.1) is 0 Å². The minimum absolute atomic E-state index is 0.250. The number of carbonyl (C=O) groups is 2. The molecule has 1 aliphatic rings. The summed E-state index contributed by atoms with van der Waals surface area (Å²) in [5.74, 6) is 0.864.